The Hall–Kier alpha value is -3.33. The van der Waals surface area contributed by atoms with Crippen LogP contribution in [0.3, 0.4) is 0 Å². The summed E-state index contributed by atoms with van der Waals surface area (Å²) in [7, 11) is 0. The molecule has 0 aliphatic heterocycles. The van der Waals surface area contributed by atoms with Crippen molar-refractivity contribution in [3.05, 3.63) is 95.4 Å². The van der Waals surface area contributed by atoms with Crippen molar-refractivity contribution in [2.45, 2.75) is 0 Å². The van der Waals surface area contributed by atoms with E-state index in [2.05, 4.69) is 12.1 Å². The van der Waals surface area contributed by atoms with Gasteiger partial charge in [0.15, 0.2) is 0 Å². The first-order valence-electron chi connectivity index (χ1n) is 7.94. The zero-order valence-corrected chi connectivity index (χ0v) is 12.9. The molecule has 5 aromatic rings. The van der Waals surface area contributed by atoms with Gasteiger partial charge in [0.1, 0.15) is 0 Å². The van der Waals surface area contributed by atoms with Gasteiger partial charge in [0.2, 0.25) is 0 Å². The zero-order valence-electron chi connectivity index (χ0n) is 12.9. The van der Waals surface area contributed by atoms with Crippen molar-refractivity contribution in [3.8, 4) is 5.69 Å². The molecular weight excluding hydrogens is 296 g/mol. The van der Waals surface area contributed by atoms with Crippen LogP contribution in [0.2, 0.25) is 0 Å². The number of nitrogens with zero attached hydrogens (tertiary/aromatic N) is 2. The van der Waals surface area contributed by atoms with Crippen LogP contribution in [0.25, 0.3) is 33.0 Å². The molecule has 3 heteroatoms. The Bertz CT molecular complexity index is 1260. The Morgan fingerprint density at radius 1 is 0.625 bits per heavy atom. The highest BCUT2D eigenvalue weighted by molar-refractivity contribution is 6.01. The molecule has 0 aliphatic rings. The number of hydrogen-bond donors (Lipinski definition) is 0. The van der Waals surface area contributed by atoms with Crippen LogP contribution in [0, 0.1) is 0 Å². The molecule has 0 amide bonds. The predicted molar refractivity (Wildman–Crippen MR) is 98.0 cm³/mol. The summed E-state index contributed by atoms with van der Waals surface area (Å²) in [5.41, 5.74) is 3.63. The van der Waals surface area contributed by atoms with E-state index in [4.69, 9.17) is 0 Å². The molecule has 0 saturated carbocycles. The van der Waals surface area contributed by atoms with E-state index in [0.29, 0.717) is 0 Å². The quantitative estimate of drug-likeness (QED) is 0.451. The van der Waals surface area contributed by atoms with Crippen LogP contribution in [-0.2, 0) is 0 Å². The van der Waals surface area contributed by atoms with Crippen molar-refractivity contribution in [1.82, 2.24) is 8.97 Å². The monoisotopic (exact) mass is 310 g/mol. The van der Waals surface area contributed by atoms with Gasteiger partial charge in [-0.15, -0.1) is 0 Å². The molecule has 0 fully saturated rings. The SMILES string of the molecule is O=c1n(-c2ccccc2)c2ccccc2c2cc3ccccc3n12. The summed E-state index contributed by atoms with van der Waals surface area (Å²) in [6.07, 6.45) is 0. The summed E-state index contributed by atoms with van der Waals surface area (Å²) in [5, 5.41) is 2.14. The predicted octanol–water partition coefficient (Wildman–Crippen LogP) is 4.40. The van der Waals surface area contributed by atoms with E-state index in [1.165, 1.54) is 0 Å². The molecule has 0 unspecified atom stereocenters. The van der Waals surface area contributed by atoms with Gasteiger partial charge in [-0.1, -0.05) is 54.6 Å². The average Bonchev–Trinajstić information content (AvgIpc) is 3.03. The van der Waals surface area contributed by atoms with E-state index in [1.54, 1.807) is 4.57 Å². The van der Waals surface area contributed by atoms with E-state index in [9.17, 15) is 4.79 Å². The minimum atomic E-state index is -0.0453. The summed E-state index contributed by atoms with van der Waals surface area (Å²) < 4.78 is 3.60. The molecule has 2 aromatic heterocycles. The van der Waals surface area contributed by atoms with Gasteiger partial charge >= 0.3 is 5.69 Å². The van der Waals surface area contributed by atoms with Crippen LogP contribution in [-0.4, -0.2) is 8.97 Å². The van der Waals surface area contributed by atoms with Crippen LogP contribution in [0.4, 0.5) is 0 Å². The highest BCUT2D eigenvalue weighted by Crippen LogP contribution is 2.26. The Balaban J connectivity index is 2.11. The first-order valence-corrected chi connectivity index (χ1v) is 7.94. The van der Waals surface area contributed by atoms with E-state index in [0.717, 1.165) is 33.0 Å². The highest BCUT2D eigenvalue weighted by atomic mass is 16.1. The summed E-state index contributed by atoms with van der Waals surface area (Å²) in [6.45, 7) is 0. The number of hydrogen-bond acceptors (Lipinski definition) is 1. The Morgan fingerprint density at radius 3 is 2.12 bits per heavy atom. The maximum absolute atomic E-state index is 13.3. The number of benzene rings is 3. The normalized spacial score (nSPS) is 11.5. The maximum atomic E-state index is 13.3. The third kappa shape index (κ3) is 1.69. The van der Waals surface area contributed by atoms with Crippen LogP contribution < -0.4 is 5.69 Å². The molecule has 0 radical (unpaired) electrons. The number of para-hydroxylation sites is 3. The van der Waals surface area contributed by atoms with Crippen molar-refractivity contribution < 1.29 is 0 Å². The average molecular weight is 310 g/mol. The lowest BCUT2D eigenvalue weighted by Gasteiger charge is -2.12. The largest absolute Gasteiger partial charge is 0.338 e. The second kappa shape index (κ2) is 4.83. The summed E-state index contributed by atoms with van der Waals surface area (Å²) >= 11 is 0. The Labute approximate surface area is 138 Å². The van der Waals surface area contributed by atoms with Gasteiger partial charge in [-0.25, -0.2) is 4.79 Å². The number of aromatic nitrogens is 2. The molecule has 0 aliphatic carbocycles. The van der Waals surface area contributed by atoms with E-state index in [-0.39, 0.29) is 5.69 Å². The highest BCUT2D eigenvalue weighted by Gasteiger charge is 2.14. The molecule has 0 atom stereocenters. The topological polar surface area (TPSA) is 26.4 Å². The summed E-state index contributed by atoms with van der Waals surface area (Å²) in [4.78, 5) is 13.3. The molecular formula is C21H14N2O. The minimum absolute atomic E-state index is 0.0453. The van der Waals surface area contributed by atoms with Gasteiger partial charge in [0, 0.05) is 10.8 Å². The molecule has 2 heterocycles. The molecule has 3 aromatic carbocycles. The molecule has 3 nitrogen and oxygen atoms in total. The Morgan fingerprint density at radius 2 is 1.29 bits per heavy atom. The number of rotatable bonds is 1. The van der Waals surface area contributed by atoms with Crippen molar-refractivity contribution in [3.63, 3.8) is 0 Å². The first kappa shape index (κ1) is 13.1. The van der Waals surface area contributed by atoms with Gasteiger partial charge in [-0.2, -0.15) is 0 Å². The van der Waals surface area contributed by atoms with Gasteiger partial charge in [0.05, 0.1) is 22.2 Å². The third-order valence-corrected chi connectivity index (χ3v) is 4.53. The van der Waals surface area contributed by atoms with Crippen molar-refractivity contribution >= 4 is 27.3 Å². The second-order valence-corrected chi connectivity index (χ2v) is 5.89. The standard InChI is InChI=1S/C21H14N2O/c24-21-22(16-9-2-1-3-10-16)19-13-7-5-11-17(19)20-14-15-8-4-6-12-18(15)23(20)21/h1-14H. The molecule has 5 rings (SSSR count). The van der Waals surface area contributed by atoms with Gasteiger partial charge in [0.25, 0.3) is 0 Å². The van der Waals surface area contributed by atoms with E-state index in [1.807, 2.05) is 77.2 Å². The molecule has 0 N–H and O–H groups in total. The Kier molecular flexibility index (Phi) is 2.65. The minimum Gasteiger partial charge on any atom is -0.262 e. The smallest absolute Gasteiger partial charge is 0.262 e. The van der Waals surface area contributed by atoms with Gasteiger partial charge < -0.3 is 0 Å². The lowest BCUT2D eigenvalue weighted by molar-refractivity contribution is 0.936. The molecule has 0 saturated heterocycles. The van der Waals surface area contributed by atoms with E-state index >= 15 is 0 Å². The van der Waals surface area contributed by atoms with Crippen molar-refractivity contribution in [2.75, 3.05) is 0 Å². The summed E-state index contributed by atoms with van der Waals surface area (Å²) in [5.74, 6) is 0. The van der Waals surface area contributed by atoms with Gasteiger partial charge in [-0.3, -0.25) is 8.97 Å². The third-order valence-electron chi connectivity index (χ3n) is 4.53. The lowest BCUT2D eigenvalue weighted by Crippen LogP contribution is -2.25. The fourth-order valence-electron chi connectivity index (χ4n) is 3.47. The molecule has 0 bridgehead atoms. The maximum Gasteiger partial charge on any atom is 0.338 e. The molecule has 0 spiro atoms. The molecule has 114 valence electrons. The zero-order chi connectivity index (χ0) is 16.1. The second-order valence-electron chi connectivity index (χ2n) is 5.89. The van der Waals surface area contributed by atoms with Crippen LogP contribution in [0.5, 0.6) is 0 Å². The van der Waals surface area contributed by atoms with Crippen LogP contribution >= 0.6 is 0 Å². The van der Waals surface area contributed by atoms with Crippen molar-refractivity contribution in [1.29, 1.82) is 0 Å². The molecule has 24 heavy (non-hydrogen) atoms. The van der Waals surface area contributed by atoms with Gasteiger partial charge in [-0.05, 0) is 30.3 Å². The fraction of sp³-hybridized carbons (Fsp3) is 0. The van der Waals surface area contributed by atoms with Crippen LogP contribution in [0.15, 0.2) is 89.7 Å². The lowest BCUT2D eigenvalue weighted by atomic mass is 10.2. The van der Waals surface area contributed by atoms with E-state index < -0.39 is 0 Å². The summed E-state index contributed by atoms with van der Waals surface area (Å²) in [6, 6.07) is 28.0. The van der Waals surface area contributed by atoms with Crippen LogP contribution in [0.1, 0.15) is 0 Å². The number of fused-ring (bicyclic) bond motifs is 5. The first-order chi connectivity index (χ1) is 11.8. The van der Waals surface area contributed by atoms with Crippen molar-refractivity contribution in [2.24, 2.45) is 0 Å². The fourth-order valence-corrected chi connectivity index (χ4v) is 3.47.